The lowest BCUT2D eigenvalue weighted by Crippen LogP contribution is -2.27. The van der Waals surface area contributed by atoms with Crippen molar-refractivity contribution in [3.8, 4) is 22.3 Å². The predicted octanol–water partition coefficient (Wildman–Crippen LogP) is 15.5. The maximum atomic E-state index is 4.97. The van der Waals surface area contributed by atoms with Crippen molar-refractivity contribution in [2.24, 2.45) is 5.92 Å². The molecular weight excluding hydrogens is 637 g/mol. The van der Waals surface area contributed by atoms with Gasteiger partial charge in [-0.25, -0.2) is 0 Å². The summed E-state index contributed by atoms with van der Waals surface area (Å²) in [4.78, 5) is 0. The first kappa shape index (κ1) is 39.7. The van der Waals surface area contributed by atoms with Gasteiger partial charge >= 0.3 is 0 Å². The molecule has 0 bridgehead atoms. The van der Waals surface area contributed by atoms with Crippen molar-refractivity contribution in [2.75, 3.05) is 0 Å². The molecule has 0 spiro atoms. The van der Waals surface area contributed by atoms with Gasteiger partial charge in [-0.05, 0) is 100 Å². The molecule has 0 aliphatic heterocycles. The van der Waals surface area contributed by atoms with Gasteiger partial charge in [0, 0.05) is 11.0 Å². The fraction of sp³-hybridized carbons (Fsp3) is 0.625. The molecule has 5 rings (SSSR count). The Morgan fingerprint density at radius 2 is 1.18 bits per heavy atom. The van der Waals surface area contributed by atoms with Crippen LogP contribution in [0.2, 0.25) is 0 Å². The maximum absolute atomic E-state index is 4.97. The van der Waals surface area contributed by atoms with Crippen molar-refractivity contribution in [3.05, 3.63) is 70.8 Å². The largest absolute Gasteiger partial charge is 0.173 e. The zero-order valence-corrected chi connectivity index (χ0v) is 34.8. The number of aromatic nitrogens is 2. The van der Waals surface area contributed by atoms with Crippen LogP contribution in [0, 0.1) is 5.92 Å². The second-order valence-corrected chi connectivity index (χ2v) is 17.4. The van der Waals surface area contributed by atoms with E-state index in [9.17, 15) is 0 Å². The Labute approximate surface area is 317 Å². The van der Waals surface area contributed by atoms with Crippen LogP contribution in [0.3, 0.4) is 0 Å². The topological polar surface area (TPSA) is 25.8 Å². The summed E-state index contributed by atoms with van der Waals surface area (Å²) in [6.07, 6.45) is 21.6. The molecule has 0 amide bonds. The molecule has 2 nitrogen and oxygen atoms in total. The van der Waals surface area contributed by atoms with E-state index < -0.39 is 0 Å². The average Bonchev–Trinajstić information content (AvgIpc) is 3.75. The van der Waals surface area contributed by atoms with Crippen molar-refractivity contribution in [3.63, 3.8) is 0 Å². The third-order valence-corrected chi connectivity index (χ3v) is 14.4. The summed E-state index contributed by atoms with van der Waals surface area (Å²) in [6, 6.07) is 19.9. The van der Waals surface area contributed by atoms with Crippen LogP contribution in [-0.4, -0.2) is 8.75 Å². The Morgan fingerprint density at radius 1 is 0.588 bits per heavy atom. The van der Waals surface area contributed by atoms with E-state index in [0.29, 0.717) is 0 Å². The maximum Gasteiger partial charge on any atom is 0.112 e. The lowest BCUT2D eigenvalue weighted by atomic mass is 9.68. The Morgan fingerprint density at radius 3 is 1.84 bits per heavy atom. The number of fused-ring (bicyclic) bond motifs is 4. The second kappa shape index (κ2) is 17.5. The van der Waals surface area contributed by atoms with E-state index in [1.54, 1.807) is 11.1 Å². The van der Waals surface area contributed by atoms with Gasteiger partial charge in [-0.1, -0.05) is 175 Å². The van der Waals surface area contributed by atoms with Crippen molar-refractivity contribution in [2.45, 2.75) is 188 Å². The van der Waals surface area contributed by atoms with Crippen LogP contribution < -0.4 is 0 Å². The molecule has 1 heterocycles. The summed E-state index contributed by atoms with van der Waals surface area (Å²) in [6.45, 7) is 21.4. The first-order chi connectivity index (χ1) is 24.6. The number of benzene rings is 3. The van der Waals surface area contributed by atoms with Gasteiger partial charge in [0.05, 0.1) is 11.7 Å². The molecule has 0 radical (unpaired) electrons. The highest BCUT2D eigenvalue weighted by molar-refractivity contribution is 7.00. The second-order valence-electron chi connectivity index (χ2n) is 16.9. The summed E-state index contributed by atoms with van der Waals surface area (Å²) in [5, 5.41) is 0. The van der Waals surface area contributed by atoms with Gasteiger partial charge in [-0.2, -0.15) is 8.75 Å². The van der Waals surface area contributed by atoms with Crippen LogP contribution >= 0.6 is 11.7 Å². The predicted molar refractivity (Wildman–Crippen MR) is 225 cm³/mol. The van der Waals surface area contributed by atoms with E-state index in [4.69, 9.17) is 8.75 Å². The van der Waals surface area contributed by atoms with Crippen LogP contribution in [0.15, 0.2) is 48.5 Å². The summed E-state index contributed by atoms with van der Waals surface area (Å²) in [5.74, 6) is 0.820. The van der Waals surface area contributed by atoms with Crippen LogP contribution in [0.4, 0.5) is 0 Å². The smallest absolute Gasteiger partial charge is 0.112 e. The average molecular weight is 707 g/mol. The number of rotatable bonds is 21. The lowest BCUT2D eigenvalue weighted by Gasteiger charge is -2.35. The summed E-state index contributed by atoms with van der Waals surface area (Å²) in [5.41, 5.74) is 14.1. The van der Waals surface area contributed by atoms with E-state index in [2.05, 4.69) is 111 Å². The Balaban J connectivity index is 1.64. The highest BCUT2D eigenvalue weighted by Crippen LogP contribution is 2.56. The standard InChI is InChI=1S/C48H70N2S/c1-10-16-17-18-19-21-31-48(32-22-20-24-35(7)23-11-2)42-33-36(38-29-30-41(47(9,14-5)15-6)45-44(38)49-51-50-45)25-27-39(42)40-28-26-37(34-43(40)48)46(8,12-3)13-4/h25-30,33-35H,10-24,31-32H2,1-9H3/t35?,48-/m1/s1. The molecule has 51 heavy (non-hydrogen) atoms. The molecule has 3 aromatic carbocycles. The van der Waals surface area contributed by atoms with Crippen molar-refractivity contribution in [1.82, 2.24) is 8.75 Å². The van der Waals surface area contributed by atoms with Crippen molar-refractivity contribution in [1.29, 1.82) is 0 Å². The molecule has 1 unspecified atom stereocenters. The number of nitrogens with zero attached hydrogens (tertiary/aromatic N) is 2. The van der Waals surface area contributed by atoms with E-state index in [1.165, 1.54) is 141 Å². The van der Waals surface area contributed by atoms with E-state index in [-0.39, 0.29) is 16.2 Å². The third-order valence-electron chi connectivity index (χ3n) is 13.8. The van der Waals surface area contributed by atoms with Gasteiger partial charge in [0.15, 0.2) is 0 Å². The quantitative estimate of drug-likeness (QED) is 0.0806. The zero-order valence-electron chi connectivity index (χ0n) is 34.0. The fourth-order valence-corrected chi connectivity index (χ4v) is 9.92. The van der Waals surface area contributed by atoms with Crippen molar-refractivity contribution < 1.29 is 0 Å². The van der Waals surface area contributed by atoms with Gasteiger partial charge in [0.1, 0.15) is 11.0 Å². The Bertz CT molecular complexity index is 1710. The molecular formula is C48H70N2S. The minimum atomic E-state index is 0.0419. The van der Waals surface area contributed by atoms with E-state index >= 15 is 0 Å². The molecule has 0 saturated carbocycles. The van der Waals surface area contributed by atoms with E-state index in [0.717, 1.165) is 29.8 Å². The monoisotopic (exact) mass is 707 g/mol. The number of hydrogen-bond acceptors (Lipinski definition) is 3. The first-order valence-corrected chi connectivity index (χ1v) is 21.9. The van der Waals surface area contributed by atoms with Crippen LogP contribution in [0.1, 0.15) is 194 Å². The Kier molecular flexibility index (Phi) is 13.6. The fourth-order valence-electron chi connectivity index (χ4n) is 9.34. The molecule has 1 aromatic heterocycles. The minimum Gasteiger partial charge on any atom is -0.173 e. The van der Waals surface area contributed by atoms with Gasteiger partial charge in [0.2, 0.25) is 0 Å². The molecule has 0 fully saturated rings. The molecule has 3 heteroatoms. The van der Waals surface area contributed by atoms with Gasteiger partial charge in [0.25, 0.3) is 0 Å². The van der Waals surface area contributed by atoms with Crippen LogP contribution in [0.5, 0.6) is 0 Å². The van der Waals surface area contributed by atoms with Gasteiger partial charge in [-0.15, -0.1) is 0 Å². The molecule has 1 aliphatic carbocycles. The highest BCUT2D eigenvalue weighted by atomic mass is 32.1. The minimum absolute atomic E-state index is 0.0419. The normalized spacial score (nSPS) is 16.5. The SMILES string of the molecule is CCCCCCCC[C@@]1(CCCCC(C)CCC)c2cc(-c3ccc(C(C)(CC)CC)c4nsnc34)ccc2-c2ccc(C(C)(CC)CC)cc21. The molecule has 1 aliphatic rings. The Hall–Kier alpha value is -2.52. The number of hydrogen-bond donors (Lipinski definition) is 0. The van der Waals surface area contributed by atoms with E-state index in [1.807, 2.05) is 0 Å². The lowest BCUT2D eigenvalue weighted by molar-refractivity contribution is 0.381. The molecule has 278 valence electrons. The van der Waals surface area contributed by atoms with Crippen LogP contribution in [-0.2, 0) is 16.2 Å². The molecule has 0 saturated heterocycles. The molecule has 0 N–H and O–H groups in total. The molecule has 4 aromatic rings. The van der Waals surface area contributed by atoms with Crippen molar-refractivity contribution >= 4 is 22.8 Å². The van der Waals surface area contributed by atoms with Gasteiger partial charge < -0.3 is 0 Å². The summed E-state index contributed by atoms with van der Waals surface area (Å²) >= 11 is 1.37. The third kappa shape index (κ3) is 8.05. The van der Waals surface area contributed by atoms with Crippen LogP contribution in [0.25, 0.3) is 33.3 Å². The molecule has 2 atom stereocenters. The summed E-state index contributed by atoms with van der Waals surface area (Å²) in [7, 11) is 0. The summed E-state index contributed by atoms with van der Waals surface area (Å²) < 4.78 is 9.90. The van der Waals surface area contributed by atoms with Gasteiger partial charge in [-0.3, -0.25) is 0 Å². The zero-order chi connectivity index (χ0) is 36.6. The number of unbranched alkanes of at least 4 members (excludes halogenated alkanes) is 6. The first-order valence-electron chi connectivity index (χ1n) is 21.2. The highest BCUT2D eigenvalue weighted by Gasteiger charge is 2.43.